The molecule has 1 aliphatic carbocycles. The van der Waals surface area contributed by atoms with Crippen molar-refractivity contribution in [2.24, 2.45) is 5.92 Å². The Balaban J connectivity index is 2.52. The van der Waals surface area contributed by atoms with Crippen molar-refractivity contribution in [3.63, 3.8) is 0 Å². The number of hydrogen-bond acceptors (Lipinski definition) is 2. The number of aliphatic hydroxyl groups is 1. The van der Waals surface area contributed by atoms with Crippen LogP contribution in [0.3, 0.4) is 0 Å². The first-order chi connectivity index (χ1) is 8.72. The van der Waals surface area contributed by atoms with Crippen LogP contribution in [-0.2, 0) is 0 Å². The molecule has 18 heavy (non-hydrogen) atoms. The molecule has 1 aliphatic rings. The van der Waals surface area contributed by atoms with Crippen molar-refractivity contribution in [1.29, 1.82) is 0 Å². The number of rotatable bonds is 6. The minimum Gasteiger partial charge on any atom is -0.396 e. The summed E-state index contributed by atoms with van der Waals surface area (Å²) in [5, 5.41) is 12.3. The average Bonchev–Trinajstić information content (AvgIpc) is 2.40. The van der Waals surface area contributed by atoms with Gasteiger partial charge in [-0.05, 0) is 39.0 Å². The fourth-order valence-corrected chi connectivity index (χ4v) is 2.86. The fraction of sp³-hybridized carbons (Fsp3) is 0.929. The first-order valence-corrected chi connectivity index (χ1v) is 7.39. The van der Waals surface area contributed by atoms with Crippen LogP contribution in [0.5, 0.6) is 0 Å². The normalized spacial score (nSPS) is 18.4. The number of carbonyl (C=O) groups excluding carboxylic acids is 1. The Labute approximate surface area is 111 Å². The van der Waals surface area contributed by atoms with Gasteiger partial charge in [0.1, 0.15) is 0 Å². The van der Waals surface area contributed by atoms with Crippen LogP contribution in [0.25, 0.3) is 0 Å². The molecule has 0 heterocycles. The van der Waals surface area contributed by atoms with Gasteiger partial charge in [-0.1, -0.05) is 19.3 Å². The maximum Gasteiger partial charge on any atom is 0.317 e. The van der Waals surface area contributed by atoms with Crippen molar-refractivity contribution < 1.29 is 9.90 Å². The van der Waals surface area contributed by atoms with E-state index >= 15 is 0 Å². The minimum absolute atomic E-state index is 0.0176. The van der Waals surface area contributed by atoms with E-state index < -0.39 is 0 Å². The lowest BCUT2D eigenvalue weighted by Gasteiger charge is -2.32. The Morgan fingerprint density at radius 2 is 1.89 bits per heavy atom. The van der Waals surface area contributed by atoms with Crippen LogP contribution in [0.1, 0.15) is 52.4 Å². The summed E-state index contributed by atoms with van der Waals surface area (Å²) in [6, 6.07) is 0.160. The molecule has 0 aromatic rings. The summed E-state index contributed by atoms with van der Waals surface area (Å²) in [7, 11) is 0. The van der Waals surface area contributed by atoms with Crippen LogP contribution in [0.2, 0.25) is 0 Å². The van der Waals surface area contributed by atoms with E-state index in [1.165, 1.54) is 32.1 Å². The molecule has 4 nitrogen and oxygen atoms in total. The second-order valence-electron chi connectivity index (χ2n) is 5.14. The van der Waals surface area contributed by atoms with Gasteiger partial charge in [0.25, 0.3) is 0 Å². The first-order valence-electron chi connectivity index (χ1n) is 7.39. The number of hydrogen-bond donors (Lipinski definition) is 2. The van der Waals surface area contributed by atoms with Crippen LogP contribution in [0, 0.1) is 5.92 Å². The van der Waals surface area contributed by atoms with Crippen molar-refractivity contribution in [3.8, 4) is 0 Å². The smallest absolute Gasteiger partial charge is 0.317 e. The maximum absolute atomic E-state index is 12.1. The van der Waals surface area contributed by atoms with Crippen LogP contribution >= 0.6 is 0 Å². The minimum atomic E-state index is 0.0176. The number of carbonyl (C=O) groups is 1. The van der Waals surface area contributed by atoms with E-state index in [0.717, 1.165) is 13.1 Å². The number of urea groups is 1. The second kappa shape index (κ2) is 8.35. The predicted octanol–water partition coefficient (Wildman–Crippen LogP) is 2.37. The summed E-state index contributed by atoms with van der Waals surface area (Å²) < 4.78 is 0. The molecular formula is C14H28N2O2. The Morgan fingerprint density at radius 1 is 1.28 bits per heavy atom. The summed E-state index contributed by atoms with van der Waals surface area (Å²) in [5.41, 5.74) is 0. The van der Waals surface area contributed by atoms with Crippen LogP contribution < -0.4 is 5.32 Å². The van der Waals surface area contributed by atoms with E-state index in [-0.39, 0.29) is 18.7 Å². The van der Waals surface area contributed by atoms with Gasteiger partial charge in [-0.15, -0.1) is 0 Å². The largest absolute Gasteiger partial charge is 0.396 e. The molecule has 1 unspecified atom stereocenters. The van der Waals surface area contributed by atoms with Gasteiger partial charge in [-0.2, -0.15) is 0 Å². The topological polar surface area (TPSA) is 52.6 Å². The third kappa shape index (κ3) is 4.48. The zero-order valence-corrected chi connectivity index (χ0v) is 11.8. The highest BCUT2D eigenvalue weighted by Gasteiger charge is 2.25. The van der Waals surface area contributed by atoms with Gasteiger partial charge in [-0.3, -0.25) is 0 Å². The van der Waals surface area contributed by atoms with Crippen molar-refractivity contribution in [3.05, 3.63) is 0 Å². The molecular weight excluding hydrogens is 228 g/mol. The third-order valence-corrected chi connectivity index (χ3v) is 4.02. The maximum atomic E-state index is 12.1. The fourth-order valence-electron chi connectivity index (χ4n) is 2.86. The van der Waals surface area contributed by atoms with Crippen molar-refractivity contribution >= 4 is 6.03 Å². The molecule has 2 N–H and O–H groups in total. The lowest BCUT2D eigenvalue weighted by atomic mass is 9.83. The summed E-state index contributed by atoms with van der Waals surface area (Å²) in [5.74, 6) is 0.547. The molecule has 1 rings (SSSR count). The molecule has 0 bridgehead atoms. The Kier molecular flexibility index (Phi) is 7.09. The van der Waals surface area contributed by atoms with Crippen molar-refractivity contribution in [2.75, 3.05) is 19.7 Å². The zero-order chi connectivity index (χ0) is 13.4. The molecule has 1 fully saturated rings. The summed E-state index contributed by atoms with van der Waals surface area (Å²) >= 11 is 0. The summed E-state index contributed by atoms with van der Waals surface area (Å²) in [6.07, 6.45) is 6.87. The zero-order valence-electron chi connectivity index (χ0n) is 11.8. The van der Waals surface area contributed by atoms with E-state index in [1.54, 1.807) is 4.90 Å². The van der Waals surface area contributed by atoms with Gasteiger partial charge >= 0.3 is 6.03 Å². The summed E-state index contributed by atoms with van der Waals surface area (Å²) in [4.78, 5) is 13.9. The lowest BCUT2D eigenvalue weighted by molar-refractivity contribution is 0.174. The van der Waals surface area contributed by atoms with Gasteiger partial charge in [0.05, 0.1) is 0 Å². The van der Waals surface area contributed by atoms with E-state index in [4.69, 9.17) is 5.11 Å². The van der Waals surface area contributed by atoms with Gasteiger partial charge in [0, 0.05) is 25.7 Å². The lowest BCUT2D eigenvalue weighted by Crippen LogP contribution is -2.48. The molecule has 106 valence electrons. The van der Waals surface area contributed by atoms with Crippen LogP contribution in [0.4, 0.5) is 4.79 Å². The number of aliphatic hydroxyl groups excluding tert-OH is 1. The quantitative estimate of drug-likeness (QED) is 0.766. The number of amides is 2. The molecule has 1 atom stereocenters. The highest BCUT2D eigenvalue weighted by Crippen LogP contribution is 2.27. The van der Waals surface area contributed by atoms with Crippen LogP contribution in [0.15, 0.2) is 0 Å². The second-order valence-corrected chi connectivity index (χ2v) is 5.14. The molecule has 4 heteroatoms. The monoisotopic (exact) mass is 256 g/mol. The van der Waals surface area contributed by atoms with Crippen molar-refractivity contribution in [2.45, 2.75) is 58.4 Å². The third-order valence-electron chi connectivity index (χ3n) is 4.02. The Morgan fingerprint density at radius 3 is 2.39 bits per heavy atom. The molecule has 0 aliphatic heterocycles. The highest BCUT2D eigenvalue weighted by atomic mass is 16.3. The Bertz CT molecular complexity index is 236. The molecule has 2 amide bonds. The molecule has 0 radical (unpaired) electrons. The van der Waals surface area contributed by atoms with E-state index in [1.807, 2.05) is 13.8 Å². The number of nitrogens with one attached hydrogen (secondary N) is 1. The standard InChI is InChI=1S/C14H28N2O2/c1-3-16(4-2)14(18)15-13(10-11-17)12-8-6-5-7-9-12/h12-13,17H,3-11H2,1-2H3,(H,15,18). The van der Waals surface area contributed by atoms with E-state index in [2.05, 4.69) is 5.32 Å². The number of nitrogens with zero attached hydrogens (tertiary/aromatic N) is 1. The molecule has 0 aromatic heterocycles. The Hall–Kier alpha value is -0.770. The van der Waals surface area contributed by atoms with E-state index in [9.17, 15) is 4.79 Å². The van der Waals surface area contributed by atoms with Gasteiger partial charge < -0.3 is 15.3 Å². The summed E-state index contributed by atoms with van der Waals surface area (Å²) in [6.45, 7) is 5.60. The molecule has 1 saturated carbocycles. The first kappa shape index (κ1) is 15.3. The van der Waals surface area contributed by atoms with Gasteiger partial charge in [0.15, 0.2) is 0 Å². The predicted molar refractivity (Wildman–Crippen MR) is 73.5 cm³/mol. The van der Waals surface area contributed by atoms with Crippen molar-refractivity contribution in [1.82, 2.24) is 10.2 Å². The molecule has 0 saturated heterocycles. The molecule has 0 spiro atoms. The van der Waals surface area contributed by atoms with Gasteiger partial charge in [-0.25, -0.2) is 4.79 Å². The SMILES string of the molecule is CCN(CC)C(=O)NC(CCO)C1CCCCC1. The van der Waals surface area contributed by atoms with E-state index in [0.29, 0.717) is 12.3 Å². The average molecular weight is 256 g/mol. The highest BCUT2D eigenvalue weighted by molar-refractivity contribution is 5.74. The molecule has 0 aromatic carbocycles. The van der Waals surface area contributed by atoms with Gasteiger partial charge in [0.2, 0.25) is 0 Å². The van der Waals surface area contributed by atoms with Crippen LogP contribution in [-0.4, -0.2) is 41.8 Å².